The van der Waals surface area contributed by atoms with Crippen molar-refractivity contribution in [1.82, 2.24) is 19.2 Å². The number of aromatic nitrogens is 3. The van der Waals surface area contributed by atoms with Crippen LogP contribution in [-0.2, 0) is 11.3 Å². The summed E-state index contributed by atoms with van der Waals surface area (Å²) in [6.45, 7) is 10.5. The zero-order valence-corrected chi connectivity index (χ0v) is 20.7. The fourth-order valence-electron chi connectivity index (χ4n) is 5.21. The van der Waals surface area contributed by atoms with Gasteiger partial charge in [0.1, 0.15) is 6.54 Å². The summed E-state index contributed by atoms with van der Waals surface area (Å²) in [4.78, 5) is 31.0. The second-order valence-electron chi connectivity index (χ2n) is 9.46. The third-order valence-corrected chi connectivity index (χ3v) is 7.15. The first-order chi connectivity index (χ1) is 16.8. The number of rotatable bonds is 4. The Hall–Kier alpha value is -3.87. The lowest BCUT2D eigenvalue weighted by Crippen LogP contribution is -2.54. The summed E-state index contributed by atoms with van der Waals surface area (Å²) in [6.07, 6.45) is 1.73. The predicted octanol–water partition coefficient (Wildman–Crippen LogP) is 3.85. The molecule has 7 nitrogen and oxygen atoms in total. The van der Waals surface area contributed by atoms with E-state index >= 15 is 0 Å². The Morgan fingerprint density at radius 3 is 2.43 bits per heavy atom. The third-order valence-electron chi connectivity index (χ3n) is 7.15. The summed E-state index contributed by atoms with van der Waals surface area (Å²) in [6, 6.07) is 18.1. The largest absolute Gasteiger partial charge is 0.365 e. The van der Waals surface area contributed by atoms with Crippen LogP contribution in [0.3, 0.4) is 0 Å². The van der Waals surface area contributed by atoms with E-state index in [9.17, 15) is 9.59 Å². The summed E-state index contributed by atoms with van der Waals surface area (Å²) >= 11 is 0. The van der Waals surface area contributed by atoms with Crippen LogP contribution in [0.5, 0.6) is 0 Å². The van der Waals surface area contributed by atoms with Crippen LogP contribution in [0, 0.1) is 20.8 Å². The van der Waals surface area contributed by atoms with Gasteiger partial charge in [0.05, 0.1) is 17.3 Å². The molecule has 2 aromatic carbocycles. The molecule has 0 bridgehead atoms. The van der Waals surface area contributed by atoms with Crippen molar-refractivity contribution in [2.24, 2.45) is 0 Å². The minimum atomic E-state index is -0.166. The second-order valence-corrected chi connectivity index (χ2v) is 9.46. The number of piperazine rings is 1. The average molecular weight is 470 g/mol. The van der Waals surface area contributed by atoms with Crippen LogP contribution in [0.4, 0.5) is 5.69 Å². The molecular formula is C28H31N5O2. The van der Waals surface area contributed by atoms with Gasteiger partial charge in [0.2, 0.25) is 5.91 Å². The van der Waals surface area contributed by atoms with Crippen molar-refractivity contribution in [3.63, 3.8) is 0 Å². The van der Waals surface area contributed by atoms with E-state index in [-0.39, 0.29) is 24.1 Å². The van der Waals surface area contributed by atoms with Gasteiger partial charge in [-0.15, -0.1) is 0 Å². The highest BCUT2D eigenvalue weighted by Crippen LogP contribution is 2.24. The van der Waals surface area contributed by atoms with Crippen LogP contribution in [0.2, 0.25) is 0 Å². The maximum atomic E-state index is 13.4. The average Bonchev–Trinajstić information content (AvgIpc) is 3.10. The molecule has 2 aromatic heterocycles. The molecule has 1 fully saturated rings. The van der Waals surface area contributed by atoms with Gasteiger partial charge in [-0.3, -0.25) is 9.59 Å². The first kappa shape index (κ1) is 22.9. The zero-order chi connectivity index (χ0) is 24.7. The summed E-state index contributed by atoms with van der Waals surface area (Å²) < 4.78 is 3.39. The van der Waals surface area contributed by atoms with Crippen LogP contribution in [0.25, 0.3) is 16.5 Å². The number of carbonyl (C=O) groups excluding carboxylic acids is 1. The Balaban J connectivity index is 1.38. The molecular weight excluding hydrogens is 438 g/mol. The Morgan fingerprint density at radius 1 is 0.971 bits per heavy atom. The molecule has 4 aromatic rings. The summed E-state index contributed by atoms with van der Waals surface area (Å²) in [7, 11) is 0. The van der Waals surface area contributed by atoms with Crippen molar-refractivity contribution >= 4 is 22.4 Å². The maximum Gasteiger partial charge on any atom is 0.281 e. The van der Waals surface area contributed by atoms with Gasteiger partial charge in [-0.25, -0.2) is 0 Å². The van der Waals surface area contributed by atoms with E-state index in [4.69, 9.17) is 0 Å². The van der Waals surface area contributed by atoms with Crippen molar-refractivity contribution in [3.05, 3.63) is 88.1 Å². The number of benzene rings is 2. The van der Waals surface area contributed by atoms with Crippen LogP contribution in [-0.4, -0.2) is 50.8 Å². The Kier molecular flexibility index (Phi) is 5.93. The highest BCUT2D eigenvalue weighted by atomic mass is 16.2. The molecule has 3 heterocycles. The van der Waals surface area contributed by atoms with E-state index in [1.807, 2.05) is 53.6 Å². The molecule has 0 unspecified atom stereocenters. The number of hydrogen-bond acceptors (Lipinski definition) is 4. The molecule has 180 valence electrons. The quantitative estimate of drug-likeness (QED) is 0.456. The number of carbonyl (C=O) groups is 1. The lowest BCUT2D eigenvalue weighted by Gasteiger charge is -2.41. The van der Waals surface area contributed by atoms with E-state index in [0.29, 0.717) is 18.5 Å². The van der Waals surface area contributed by atoms with E-state index in [1.54, 1.807) is 6.20 Å². The number of fused-ring (bicyclic) bond motifs is 1. The van der Waals surface area contributed by atoms with Gasteiger partial charge in [-0.05, 0) is 57.5 Å². The van der Waals surface area contributed by atoms with Crippen molar-refractivity contribution < 1.29 is 4.79 Å². The van der Waals surface area contributed by atoms with Gasteiger partial charge in [0.15, 0.2) is 0 Å². The molecule has 1 saturated heterocycles. The lowest BCUT2D eigenvalue weighted by atomic mass is 10.1. The molecule has 1 amide bonds. The maximum absolute atomic E-state index is 13.4. The van der Waals surface area contributed by atoms with E-state index < -0.39 is 0 Å². The number of hydrogen-bond donors (Lipinski definition) is 0. The second kappa shape index (κ2) is 9.06. The highest BCUT2D eigenvalue weighted by molar-refractivity contribution is 5.88. The van der Waals surface area contributed by atoms with Crippen LogP contribution < -0.4 is 10.5 Å². The fourth-order valence-corrected chi connectivity index (χ4v) is 5.21. The lowest BCUT2D eigenvalue weighted by molar-refractivity contribution is -0.132. The fraction of sp³-hybridized carbons (Fsp3) is 0.321. The van der Waals surface area contributed by atoms with Crippen molar-refractivity contribution in [1.29, 1.82) is 0 Å². The van der Waals surface area contributed by atoms with Gasteiger partial charge >= 0.3 is 0 Å². The molecule has 5 rings (SSSR count). The Morgan fingerprint density at radius 2 is 1.71 bits per heavy atom. The predicted molar refractivity (Wildman–Crippen MR) is 139 cm³/mol. The van der Waals surface area contributed by atoms with Crippen LogP contribution in [0.1, 0.15) is 23.9 Å². The first-order valence-corrected chi connectivity index (χ1v) is 12.1. The monoisotopic (exact) mass is 469 g/mol. The van der Waals surface area contributed by atoms with Crippen molar-refractivity contribution in [2.45, 2.75) is 40.3 Å². The molecule has 7 heteroatoms. The van der Waals surface area contributed by atoms with Crippen molar-refractivity contribution in [3.8, 4) is 5.69 Å². The van der Waals surface area contributed by atoms with E-state index in [2.05, 4.69) is 48.1 Å². The van der Waals surface area contributed by atoms with Gasteiger partial charge in [0.25, 0.3) is 5.56 Å². The summed E-state index contributed by atoms with van der Waals surface area (Å²) in [5, 5.41) is 5.82. The molecule has 0 radical (unpaired) electrons. The van der Waals surface area contributed by atoms with Gasteiger partial charge in [-0.2, -0.15) is 9.78 Å². The van der Waals surface area contributed by atoms with Gasteiger partial charge < -0.3 is 14.4 Å². The van der Waals surface area contributed by atoms with Crippen molar-refractivity contribution in [2.75, 3.05) is 24.5 Å². The molecule has 1 aliphatic heterocycles. The number of nitrogens with zero attached hydrogens (tertiary/aromatic N) is 5. The minimum absolute atomic E-state index is 0.0728. The number of para-hydroxylation sites is 1. The van der Waals surface area contributed by atoms with E-state index in [1.165, 1.54) is 15.9 Å². The molecule has 0 saturated carbocycles. The molecule has 35 heavy (non-hydrogen) atoms. The molecule has 0 N–H and O–H groups in total. The molecule has 1 atom stereocenters. The smallest absolute Gasteiger partial charge is 0.281 e. The van der Waals surface area contributed by atoms with Crippen LogP contribution >= 0.6 is 0 Å². The number of anilines is 1. The summed E-state index contributed by atoms with van der Waals surface area (Å²) in [5.41, 5.74) is 4.69. The third kappa shape index (κ3) is 4.11. The normalized spacial score (nSPS) is 16.2. The van der Waals surface area contributed by atoms with E-state index in [0.717, 1.165) is 29.0 Å². The number of aryl methyl sites for hydroxylation is 3. The first-order valence-electron chi connectivity index (χ1n) is 12.1. The summed E-state index contributed by atoms with van der Waals surface area (Å²) in [5.74, 6) is 0.0728. The SMILES string of the molecule is Cc1cccc(N2CCN(C(=O)Cn3c(C)c4cnn(-c5ccccc5)c(=O)c4c3C)C[C@@H]2C)c1. The van der Waals surface area contributed by atoms with Crippen LogP contribution in [0.15, 0.2) is 65.6 Å². The highest BCUT2D eigenvalue weighted by Gasteiger charge is 2.28. The number of amides is 1. The molecule has 0 aliphatic carbocycles. The van der Waals surface area contributed by atoms with Gasteiger partial charge in [0, 0.05) is 48.1 Å². The molecule has 0 spiro atoms. The Labute approximate surface area is 205 Å². The van der Waals surface area contributed by atoms with Gasteiger partial charge in [-0.1, -0.05) is 30.3 Å². The topological polar surface area (TPSA) is 63.4 Å². The Bertz CT molecular complexity index is 1450. The zero-order valence-electron chi connectivity index (χ0n) is 20.7. The minimum Gasteiger partial charge on any atom is -0.365 e. The standard InChI is InChI=1S/C28H31N5O2/c1-19-9-8-12-24(15-19)31-14-13-30(17-20(31)2)26(34)18-32-21(3)25-16-29-33(23-10-6-5-7-11-23)28(35)27(25)22(32)4/h5-12,15-16,20H,13-14,17-18H2,1-4H3/t20-/m0/s1. The molecule has 1 aliphatic rings.